The van der Waals surface area contributed by atoms with Crippen molar-refractivity contribution in [3.05, 3.63) is 35.9 Å². The summed E-state index contributed by atoms with van der Waals surface area (Å²) in [7, 11) is 0. The molecule has 1 saturated heterocycles. The number of carboxylic acids is 1. The van der Waals surface area contributed by atoms with E-state index in [0.29, 0.717) is 12.0 Å². The minimum atomic E-state index is -1.05. The Kier molecular flexibility index (Phi) is 3.79. The molecular weight excluding hydrogens is 248 g/mol. The molecule has 0 bridgehead atoms. The molecule has 2 N–H and O–H groups in total. The molecule has 1 heterocycles. The summed E-state index contributed by atoms with van der Waals surface area (Å²) in [6.07, 6.45) is 0.736. The molecule has 1 aliphatic rings. The van der Waals surface area contributed by atoms with E-state index >= 15 is 0 Å². The summed E-state index contributed by atoms with van der Waals surface area (Å²) in [6, 6.07) is 7.47. The Morgan fingerprint density at radius 3 is 2.53 bits per heavy atom. The van der Waals surface area contributed by atoms with Crippen LogP contribution in [0.15, 0.2) is 30.3 Å². The molecule has 1 aliphatic heterocycles. The third-order valence-electron chi connectivity index (χ3n) is 3.13. The first-order valence-corrected chi connectivity index (χ1v) is 5.91. The molecule has 0 saturated carbocycles. The van der Waals surface area contributed by atoms with E-state index in [-0.39, 0.29) is 24.9 Å². The maximum Gasteiger partial charge on any atom is 0.326 e. The van der Waals surface area contributed by atoms with Gasteiger partial charge in [0, 0.05) is 24.6 Å². The van der Waals surface area contributed by atoms with Crippen molar-refractivity contribution in [2.24, 2.45) is 0 Å². The third kappa shape index (κ3) is 2.90. The van der Waals surface area contributed by atoms with E-state index in [1.54, 1.807) is 30.3 Å². The molecule has 1 aromatic rings. The maximum atomic E-state index is 11.9. The Labute approximate surface area is 110 Å². The predicted molar refractivity (Wildman–Crippen MR) is 66.5 cm³/mol. The van der Waals surface area contributed by atoms with Gasteiger partial charge in [-0.25, -0.2) is 4.79 Å². The summed E-state index contributed by atoms with van der Waals surface area (Å²) in [5.74, 6) is -1.31. The van der Waals surface area contributed by atoms with Crippen LogP contribution in [-0.4, -0.2) is 46.9 Å². The monoisotopic (exact) mass is 262 g/mol. The van der Waals surface area contributed by atoms with Gasteiger partial charge in [0.05, 0.1) is 0 Å². The Morgan fingerprint density at radius 2 is 2.00 bits per heavy atom. The highest BCUT2D eigenvalue weighted by Gasteiger charge is 2.36. The van der Waals surface area contributed by atoms with Crippen LogP contribution in [0.2, 0.25) is 0 Å². The molecule has 0 aromatic heterocycles. The number of rotatable bonds is 4. The van der Waals surface area contributed by atoms with Crippen LogP contribution in [0.25, 0.3) is 0 Å². The maximum absolute atomic E-state index is 11.9. The first kappa shape index (κ1) is 13.1. The lowest BCUT2D eigenvalue weighted by Gasteiger charge is -2.14. The Bertz CT molecular complexity index is 489. The highest BCUT2D eigenvalue weighted by molar-refractivity contribution is 5.94. The van der Waals surface area contributed by atoms with Gasteiger partial charge >= 0.3 is 5.97 Å². The number of amides is 2. The van der Waals surface area contributed by atoms with Crippen LogP contribution in [0.5, 0.6) is 0 Å². The Balaban J connectivity index is 2.00. The van der Waals surface area contributed by atoms with E-state index in [9.17, 15) is 14.4 Å². The largest absolute Gasteiger partial charge is 0.480 e. The average molecular weight is 262 g/mol. The van der Waals surface area contributed by atoms with Crippen molar-refractivity contribution in [3.8, 4) is 0 Å². The zero-order valence-electron chi connectivity index (χ0n) is 10.2. The van der Waals surface area contributed by atoms with Gasteiger partial charge in [-0.05, 0) is 12.1 Å². The topological polar surface area (TPSA) is 86.7 Å². The SMILES string of the molecule is O=CN1CC(NC(=O)c2ccccc2)CC1C(=O)O. The van der Waals surface area contributed by atoms with Crippen LogP contribution in [0, 0.1) is 0 Å². The van der Waals surface area contributed by atoms with Crippen molar-refractivity contribution in [1.82, 2.24) is 10.2 Å². The number of carbonyl (C=O) groups excluding carboxylic acids is 2. The minimum absolute atomic E-state index is 0.221. The summed E-state index contributed by atoms with van der Waals surface area (Å²) < 4.78 is 0. The molecule has 2 atom stereocenters. The van der Waals surface area contributed by atoms with Crippen LogP contribution in [-0.2, 0) is 9.59 Å². The first-order chi connectivity index (χ1) is 9.11. The highest BCUT2D eigenvalue weighted by atomic mass is 16.4. The van der Waals surface area contributed by atoms with Crippen molar-refractivity contribution in [1.29, 1.82) is 0 Å². The number of benzene rings is 1. The second kappa shape index (κ2) is 5.51. The van der Waals surface area contributed by atoms with E-state index in [1.165, 1.54) is 4.90 Å². The quantitative estimate of drug-likeness (QED) is 0.753. The van der Waals surface area contributed by atoms with Gasteiger partial charge < -0.3 is 15.3 Å². The predicted octanol–water partition coefficient (Wildman–Crippen LogP) is 0.100. The lowest BCUT2D eigenvalue weighted by Crippen LogP contribution is -2.37. The molecule has 6 nitrogen and oxygen atoms in total. The first-order valence-electron chi connectivity index (χ1n) is 5.91. The van der Waals surface area contributed by atoms with Gasteiger partial charge in [-0.2, -0.15) is 0 Å². The number of carboxylic acid groups (broad SMARTS) is 1. The summed E-state index contributed by atoms with van der Waals surface area (Å²) in [4.78, 5) is 34.8. The van der Waals surface area contributed by atoms with Crippen LogP contribution < -0.4 is 5.32 Å². The van der Waals surface area contributed by atoms with Crippen LogP contribution in [0.4, 0.5) is 0 Å². The van der Waals surface area contributed by atoms with E-state index < -0.39 is 12.0 Å². The van der Waals surface area contributed by atoms with Gasteiger partial charge in [0.15, 0.2) is 0 Å². The standard InChI is InChI=1S/C13H14N2O4/c16-8-15-7-10(6-11(15)13(18)19)14-12(17)9-4-2-1-3-5-9/h1-5,8,10-11H,6-7H2,(H,14,17)(H,18,19). The third-order valence-corrected chi connectivity index (χ3v) is 3.13. The van der Waals surface area contributed by atoms with Crippen molar-refractivity contribution >= 4 is 18.3 Å². The smallest absolute Gasteiger partial charge is 0.326 e. The summed E-state index contributed by atoms with van der Waals surface area (Å²) in [5, 5.41) is 11.7. The van der Waals surface area contributed by atoms with Crippen molar-refractivity contribution < 1.29 is 19.5 Å². The molecule has 6 heteroatoms. The molecule has 2 rings (SSSR count). The molecule has 2 amide bonds. The molecule has 0 radical (unpaired) electrons. The lowest BCUT2D eigenvalue weighted by molar-refractivity contribution is -0.144. The van der Waals surface area contributed by atoms with Crippen molar-refractivity contribution in [2.75, 3.05) is 6.54 Å². The fourth-order valence-electron chi connectivity index (χ4n) is 2.18. The number of hydrogen-bond acceptors (Lipinski definition) is 3. The summed E-state index contributed by atoms with van der Waals surface area (Å²) in [5.41, 5.74) is 0.513. The second-order valence-corrected chi connectivity index (χ2v) is 4.43. The fraction of sp³-hybridized carbons (Fsp3) is 0.308. The normalized spacial score (nSPS) is 22.0. The van der Waals surface area contributed by atoms with Gasteiger partial charge in [0.2, 0.25) is 6.41 Å². The molecule has 100 valence electrons. The number of nitrogens with one attached hydrogen (secondary N) is 1. The van der Waals surface area contributed by atoms with Gasteiger partial charge in [0.1, 0.15) is 6.04 Å². The number of hydrogen-bond donors (Lipinski definition) is 2. The van der Waals surface area contributed by atoms with Gasteiger partial charge in [0.25, 0.3) is 5.91 Å². The second-order valence-electron chi connectivity index (χ2n) is 4.43. The molecule has 0 aliphatic carbocycles. The van der Waals surface area contributed by atoms with Crippen molar-refractivity contribution in [2.45, 2.75) is 18.5 Å². The van der Waals surface area contributed by atoms with Crippen LogP contribution in [0.3, 0.4) is 0 Å². The number of aliphatic carboxylic acids is 1. The average Bonchev–Trinajstić information content (AvgIpc) is 2.83. The van der Waals surface area contributed by atoms with E-state index in [2.05, 4.69) is 5.32 Å². The molecule has 1 aromatic carbocycles. The van der Waals surface area contributed by atoms with Crippen LogP contribution >= 0.6 is 0 Å². The number of carbonyl (C=O) groups is 3. The van der Waals surface area contributed by atoms with Gasteiger partial charge in [-0.1, -0.05) is 18.2 Å². The van der Waals surface area contributed by atoms with E-state index in [0.717, 1.165) is 0 Å². The van der Waals surface area contributed by atoms with Gasteiger partial charge in [-0.3, -0.25) is 9.59 Å². The van der Waals surface area contributed by atoms with E-state index in [1.807, 2.05) is 0 Å². The molecular formula is C13H14N2O4. The van der Waals surface area contributed by atoms with Gasteiger partial charge in [-0.15, -0.1) is 0 Å². The van der Waals surface area contributed by atoms with E-state index in [4.69, 9.17) is 5.11 Å². The zero-order chi connectivity index (χ0) is 13.8. The highest BCUT2D eigenvalue weighted by Crippen LogP contribution is 2.16. The lowest BCUT2D eigenvalue weighted by atomic mass is 10.1. The molecule has 2 unspecified atom stereocenters. The number of nitrogens with zero attached hydrogens (tertiary/aromatic N) is 1. The zero-order valence-corrected chi connectivity index (χ0v) is 10.2. The van der Waals surface area contributed by atoms with Crippen molar-refractivity contribution in [3.63, 3.8) is 0 Å². The number of likely N-dealkylation sites (tertiary alicyclic amines) is 1. The molecule has 1 fully saturated rings. The molecule has 0 spiro atoms. The summed E-state index contributed by atoms with van der Waals surface area (Å²) >= 11 is 0. The molecule has 19 heavy (non-hydrogen) atoms. The fourth-order valence-corrected chi connectivity index (χ4v) is 2.18. The Hall–Kier alpha value is -2.37. The Morgan fingerprint density at radius 1 is 1.32 bits per heavy atom. The van der Waals surface area contributed by atoms with Crippen LogP contribution in [0.1, 0.15) is 16.8 Å². The summed E-state index contributed by atoms with van der Waals surface area (Å²) in [6.45, 7) is 0.221. The minimum Gasteiger partial charge on any atom is -0.480 e.